The summed E-state index contributed by atoms with van der Waals surface area (Å²) in [4.78, 5) is 13.7. The van der Waals surface area contributed by atoms with Crippen LogP contribution in [0.25, 0.3) is 0 Å². The number of fused-ring (bicyclic) bond motifs is 1. The predicted molar refractivity (Wildman–Crippen MR) is 63.6 cm³/mol. The Morgan fingerprint density at radius 1 is 1.40 bits per heavy atom. The maximum absolute atomic E-state index is 11.7. The number of carbonyl (C=O) groups is 1. The third kappa shape index (κ3) is 2.23. The van der Waals surface area contributed by atoms with Crippen molar-refractivity contribution in [2.24, 2.45) is 0 Å². The molecule has 1 amide bonds. The van der Waals surface area contributed by atoms with E-state index >= 15 is 0 Å². The van der Waals surface area contributed by atoms with Gasteiger partial charge < -0.3 is 4.90 Å². The molecule has 0 radical (unpaired) electrons. The van der Waals surface area contributed by atoms with Crippen LogP contribution in [-0.4, -0.2) is 17.4 Å². The normalized spacial score (nSPS) is 15.3. The molecule has 0 saturated heterocycles. The van der Waals surface area contributed by atoms with Gasteiger partial charge >= 0.3 is 0 Å². The monoisotopic (exact) mass is 267 g/mol. The minimum Gasteiger partial charge on any atom is -0.338 e. The highest BCUT2D eigenvalue weighted by molar-refractivity contribution is 9.10. The van der Waals surface area contributed by atoms with Crippen molar-refractivity contribution >= 4 is 21.8 Å². The third-order valence-electron chi connectivity index (χ3n) is 2.72. The summed E-state index contributed by atoms with van der Waals surface area (Å²) in [6.45, 7) is 3.73. The van der Waals surface area contributed by atoms with Crippen molar-refractivity contribution in [2.75, 3.05) is 6.54 Å². The van der Waals surface area contributed by atoms with Crippen LogP contribution in [0.4, 0.5) is 0 Å². The minimum absolute atomic E-state index is 0.256. The molecule has 2 rings (SSSR count). The first-order chi connectivity index (χ1) is 7.20. The van der Waals surface area contributed by atoms with Crippen LogP contribution < -0.4 is 0 Å². The molecule has 3 heteroatoms. The topological polar surface area (TPSA) is 20.3 Å². The Kier molecular flexibility index (Phi) is 3.10. The first-order valence-corrected chi connectivity index (χ1v) is 6.05. The average Bonchev–Trinajstić information content (AvgIpc) is 2.20. The number of carbonyl (C=O) groups excluding carboxylic acids is 1. The second-order valence-electron chi connectivity index (χ2n) is 3.91. The van der Waals surface area contributed by atoms with Crippen molar-refractivity contribution in [1.82, 2.24) is 4.90 Å². The molecule has 0 aliphatic carbocycles. The van der Waals surface area contributed by atoms with Gasteiger partial charge in [-0.1, -0.05) is 28.9 Å². The summed E-state index contributed by atoms with van der Waals surface area (Å²) in [5, 5.41) is 0. The SMILES string of the molecule is CCCN1Cc2cc(Br)ccc2CC1=O. The van der Waals surface area contributed by atoms with Gasteiger partial charge in [-0.25, -0.2) is 0 Å². The Bertz CT molecular complexity index is 389. The Morgan fingerprint density at radius 3 is 2.93 bits per heavy atom. The van der Waals surface area contributed by atoms with Crippen molar-refractivity contribution in [2.45, 2.75) is 26.3 Å². The lowest BCUT2D eigenvalue weighted by molar-refractivity contribution is -0.131. The Morgan fingerprint density at radius 2 is 2.20 bits per heavy atom. The van der Waals surface area contributed by atoms with Gasteiger partial charge in [0.2, 0.25) is 5.91 Å². The average molecular weight is 268 g/mol. The molecular weight excluding hydrogens is 254 g/mol. The minimum atomic E-state index is 0.256. The first-order valence-electron chi connectivity index (χ1n) is 5.25. The van der Waals surface area contributed by atoms with Gasteiger partial charge in [0.25, 0.3) is 0 Å². The lowest BCUT2D eigenvalue weighted by Gasteiger charge is -2.28. The molecule has 0 saturated carbocycles. The van der Waals surface area contributed by atoms with E-state index in [0.29, 0.717) is 6.42 Å². The van der Waals surface area contributed by atoms with Crippen LogP contribution >= 0.6 is 15.9 Å². The number of hydrogen-bond acceptors (Lipinski definition) is 1. The van der Waals surface area contributed by atoms with Crippen molar-refractivity contribution in [3.05, 3.63) is 33.8 Å². The van der Waals surface area contributed by atoms with Crippen molar-refractivity contribution in [3.8, 4) is 0 Å². The summed E-state index contributed by atoms with van der Waals surface area (Å²) >= 11 is 3.46. The molecule has 0 atom stereocenters. The molecule has 1 aromatic carbocycles. The zero-order valence-corrected chi connectivity index (χ0v) is 10.4. The second kappa shape index (κ2) is 4.35. The molecule has 0 unspecified atom stereocenters. The number of benzene rings is 1. The Hall–Kier alpha value is -0.830. The van der Waals surface area contributed by atoms with Gasteiger partial charge in [-0.2, -0.15) is 0 Å². The first kappa shape index (κ1) is 10.7. The number of amides is 1. The molecule has 1 aliphatic rings. The second-order valence-corrected chi connectivity index (χ2v) is 4.82. The van der Waals surface area contributed by atoms with Crippen LogP contribution in [0.5, 0.6) is 0 Å². The van der Waals surface area contributed by atoms with Gasteiger partial charge in [-0.05, 0) is 29.7 Å². The summed E-state index contributed by atoms with van der Waals surface area (Å²) in [6.07, 6.45) is 1.58. The van der Waals surface area contributed by atoms with Gasteiger partial charge in [-0.15, -0.1) is 0 Å². The van der Waals surface area contributed by atoms with Crippen LogP contribution in [0.2, 0.25) is 0 Å². The number of rotatable bonds is 2. The maximum atomic E-state index is 11.7. The highest BCUT2D eigenvalue weighted by Crippen LogP contribution is 2.23. The molecule has 0 spiro atoms. The lowest BCUT2D eigenvalue weighted by Crippen LogP contribution is -2.36. The summed E-state index contributed by atoms with van der Waals surface area (Å²) in [5.74, 6) is 0.256. The van der Waals surface area contributed by atoms with Crippen molar-refractivity contribution < 1.29 is 4.79 Å². The standard InChI is InChI=1S/C12H14BrNO/c1-2-5-14-8-10-6-11(13)4-3-9(10)7-12(14)15/h3-4,6H,2,5,7-8H2,1H3. The van der Waals surface area contributed by atoms with Crippen LogP contribution in [0, 0.1) is 0 Å². The van der Waals surface area contributed by atoms with E-state index in [2.05, 4.69) is 28.9 Å². The van der Waals surface area contributed by atoms with E-state index in [4.69, 9.17) is 0 Å². The van der Waals surface area contributed by atoms with Gasteiger partial charge in [0, 0.05) is 17.6 Å². The van der Waals surface area contributed by atoms with Crippen molar-refractivity contribution in [3.63, 3.8) is 0 Å². The number of nitrogens with zero attached hydrogens (tertiary/aromatic N) is 1. The Labute approximate surface area is 98.4 Å². The summed E-state index contributed by atoms with van der Waals surface area (Å²) in [5.41, 5.74) is 2.45. The van der Waals surface area contributed by atoms with Gasteiger partial charge in [0.05, 0.1) is 6.42 Å². The zero-order chi connectivity index (χ0) is 10.8. The van der Waals surface area contributed by atoms with Crippen LogP contribution in [0.3, 0.4) is 0 Å². The number of halogens is 1. The van der Waals surface area contributed by atoms with E-state index in [-0.39, 0.29) is 5.91 Å². The summed E-state index contributed by atoms with van der Waals surface area (Å²) in [7, 11) is 0. The third-order valence-corrected chi connectivity index (χ3v) is 3.21. The molecule has 0 fully saturated rings. The van der Waals surface area contributed by atoms with Crippen LogP contribution in [-0.2, 0) is 17.8 Å². The highest BCUT2D eigenvalue weighted by Gasteiger charge is 2.21. The molecule has 1 heterocycles. The quantitative estimate of drug-likeness (QED) is 0.807. The lowest BCUT2D eigenvalue weighted by atomic mass is 9.99. The van der Waals surface area contributed by atoms with E-state index in [1.165, 1.54) is 11.1 Å². The predicted octanol–water partition coefficient (Wildman–Crippen LogP) is 2.74. The molecule has 15 heavy (non-hydrogen) atoms. The van der Waals surface area contributed by atoms with Crippen molar-refractivity contribution in [1.29, 1.82) is 0 Å². The summed E-state index contributed by atoms with van der Waals surface area (Å²) < 4.78 is 1.09. The largest absolute Gasteiger partial charge is 0.338 e. The molecule has 0 bridgehead atoms. The van der Waals surface area contributed by atoms with E-state index in [9.17, 15) is 4.79 Å². The van der Waals surface area contributed by atoms with E-state index < -0.39 is 0 Å². The molecule has 1 aromatic rings. The molecule has 0 N–H and O–H groups in total. The molecule has 0 aromatic heterocycles. The fourth-order valence-corrected chi connectivity index (χ4v) is 2.36. The fourth-order valence-electron chi connectivity index (χ4n) is 1.96. The van der Waals surface area contributed by atoms with Gasteiger partial charge in [0.1, 0.15) is 0 Å². The fraction of sp³-hybridized carbons (Fsp3) is 0.417. The molecule has 2 nitrogen and oxygen atoms in total. The van der Waals surface area contributed by atoms with Gasteiger partial charge in [0.15, 0.2) is 0 Å². The van der Waals surface area contributed by atoms with Crippen LogP contribution in [0.15, 0.2) is 22.7 Å². The van der Waals surface area contributed by atoms with E-state index in [1.807, 2.05) is 17.0 Å². The smallest absolute Gasteiger partial charge is 0.227 e. The molecular formula is C12H14BrNO. The number of hydrogen-bond donors (Lipinski definition) is 0. The van der Waals surface area contributed by atoms with E-state index in [0.717, 1.165) is 24.0 Å². The van der Waals surface area contributed by atoms with E-state index in [1.54, 1.807) is 0 Å². The van der Waals surface area contributed by atoms with Crippen LogP contribution in [0.1, 0.15) is 24.5 Å². The maximum Gasteiger partial charge on any atom is 0.227 e. The Balaban J connectivity index is 2.26. The van der Waals surface area contributed by atoms with Gasteiger partial charge in [-0.3, -0.25) is 4.79 Å². The molecule has 1 aliphatic heterocycles. The highest BCUT2D eigenvalue weighted by atomic mass is 79.9. The zero-order valence-electron chi connectivity index (χ0n) is 8.79. The summed E-state index contributed by atoms with van der Waals surface area (Å²) in [6, 6.07) is 6.16. The molecule has 80 valence electrons.